The van der Waals surface area contributed by atoms with Crippen LogP contribution in [0.25, 0.3) is 0 Å². The van der Waals surface area contributed by atoms with Gasteiger partial charge in [0.1, 0.15) is 0 Å². The van der Waals surface area contributed by atoms with Gasteiger partial charge in [-0.05, 0) is 43.4 Å². The summed E-state index contributed by atoms with van der Waals surface area (Å²) in [5.74, 6) is 0. The molecule has 0 fully saturated rings. The molecule has 1 rings (SSSR count). The molecule has 0 aromatic heterocycles. The van der Waals surface area contributed by atoms with Gasteiger partial charge in [0.15, 0.2) is 0 Å². The van der Waals surface area contributed by atoms with Gasteiger partial charge in [0.05, 0.1) is 5.60 Å². The Morgan fingerprint density at radius 3 is 1.93 bits per heavy atom. The SMILES string of the molecule is CC(C)(O)CC(C)(C)c1ccc(S)cc1. The standard InChI is InChI=1S/C13H20OS/c1-12(2,9-13(3,4)14)10-5-7-11(15)8-6-10/h5-8,14-15H,9H2,1-4H3. The van der Waals surface area contributed by atoms with E-state index in [9.17, 15) is 5.11 Å². The van der Waals surface area contributed by atoms with Gasteiger partial charge in [-0.1, -0.05) is 26.0 Å². The Hall–Kier alpha value is -0.470. The molecular weight excluding hydrogens is 204 g/mol. The van der Waals surface area contributed by atoms with Gasteiger partial charge in [-0.3, -0.25) is 0 Å². The Kier molecular flexibility index (Phi) is 3.51. The molecule has 0 aliphatic heterocycles. The van der Waals surface area contributed by atoms with Crippen molar-refractivity contribution in [3.63, 3.8) is 0 Å². The van der Waals surface area contributed by atoms with Crippen molar-refractivity contribution in [2.45, 2.75) is 50.0 Å². The van der Waals surface area contributed by atoms with Crippen LogP contribution in [0.2, 0.25) is 0 Å². The summed E-state index contributed by atoms with van der Waals surface area (Å²) in [4.78, 5) is 0.970. The van der Waals surface area contributed by atoms with E-state index in [2.05, 4.69) is 38.6 Å². The molecule has 0 radical (unpaired) electrons. The summed E-state index contributed by atoms with van der Waals surface area (Å²) in [6.45, 7) is 8.00. The van der Waals surface area contributed by atoms with E-state index in [1.165, 1.54) is 5.56 Å². The van der Waals surface area contributed by atoms with Crippen molar-refractivity contribution in [1.29, 1.82) is 0 Å². The highest BCUT2D eigenvalue weighted by Gasteiger charge is 2.28. The zero-order valence-corrected chi connectivity index (χ0v) is 10.8. The third kappa shape index (κ3) is 3.88. The van der Waals surface area contributed by atoms with Crippen LogP contribution in [0.5, 0.6) is 0 Å². The number of hydrogen-bond donors (Lipinski definition) is 2. The number of rotatable bonds is 3. The highest BCUT2D eigenvalue weighted by molar-refractivity contribution is 7.80. The monoisotopic (exact) mass is 224 g/mol. The zero-order chi connectivity index (χ0) is 11.7. The van der Waals surface area contributed by atoms with Crippen molar-refractivity contribution >= 4 is 12.6 Å². The maximum Gasteiger partial charge on any atom is 0.0600 e. The molecule has 0 aliphatic rings. The van der Waals surface area contributed by atoms with Gasteiger partial charge >= 0.3 is 0 Å². The minimum Gasteiger partial charge on any atom is -0.390 e. The minimum absolute atomic E-state index is 0.0142. The maximum absolute atomic E-state index is 9.85. The molecule has 1 aromatic rings. The Bertz CT molecular complexity index is 319. The van der Waals surface area contributed by atoms with Crippen molar-refractivity contribution in [3.05, 3.63) is 29.8 Å². The second kappa shape index (κ2) is 4.18. The van der Waals surface area contributed by atoms with Crippen LogP contribution in [0.4, 0.5) is 0 Å². The molecule has 84 valence electrons. The molecule has 0 amide bonds. The van der Waals surface area contributed by atoms with Gasteiger partial charge in [0.2, 0.25) is 0 Å². The molecule has 0 saturated carbocycles. The highest BCUT2D eigenvalue weighted by Crippen LogP contribution is 2.32. The summed E-state index contributed by atoms with van der Waals surface area (Å²) in [7, 11) is 0. The molecule has 0 saturated heterocycles. The summed E-state index contributed by atoms with van der Waals surface area (Å²) in [6.07, 6.45) is 0.742. The quantitative estimate of drug-likeness (QED) is 0.754. The Balaban J connectivity index is 2.90. The van der Waals surface area contributed by atoms with Crippen LogP contribution in [-0.4, -0.2) is 10.7 Å². The van der Waals surface area contributed by atoms with Crippen LogP contribution in [-0.2, 0) is 5.41 Å². The molecule has 1 N–H and O–H groups in total. The third-order valence-corrected chi connectivity index (χ3v) is 2.82. The summed E-state index contributed by atoms with van der Waals surface area (Å²) in [5, 5.41) is 9.85. The van der Waals surface area contributed by atoms with Crippen LogP contribution >= 0.6 is 12.6 Å². The van der Waals surface area contributed by atoms with Gasteiger partial charge in [0, 0.05) is 4.90 Å². The topological polar surface area (TPSA) is 20.2 Å². The molecule has 0 unspecified atom stereocenters. The van der Waals surface area contributed by atoms with Gasteiger partial charge in [-0.15, -0.1) is 12.6 Å². The largest absolute Gasteiger partial charge is 0.390 e. The van der Waals surface area contributed by atoms with Gasteiger partial charge in [-0.25, -0.2) is 0 Å². The summed E-state index contributed by atoms with van der Waals surface area (Å²) >= 11 is 4.26. The predicted octanol–water partition coefficient (Wildman–Crippen LogP) is 3.41. The second-order valence-electron chi connectivity index (χ2n) is 5.42. The highest BCUT2D eigenvalue weighted by atomic mass is 32.1. The van der Waals surface area contributed by atoms with E-state index in [1.54, 1.807) is 0 Å². The minimum atomic E-state index is -0.636. The average Bonchev–Trinajstić information content (AvgIpc) is 2.00. The lowest BCUT2D eigenvalue weighted by Crippen LogP contribution is -2.31. The van der Waals surface area contributed by atoms with Crippen LogP contribution in [0, 0.1) is 0 Å². The number of benzene rings is 1. The van der Waals surface area contributed by atoms with E-state index in [1.807, 2.05) is 26.0 Å². The molecule has 1 nitrogen and oxygen atoms in total. The fraction of sp³-hybridized carbons (Fsp3) is 0.538. The van der Waals surface area contributed by atoms with Gasteiger partial charge in [0.25, 0.3) is 0 Å². The van der Waals surface area contributed by atoms with Crippen LogP contribution in [0.15, 0.2) is 29.2 Å². The van der Waals surface area contributed by atoms with Crippen molar-refractivity contribution in [2.24, 2.45) is 0 Å². The molecule has 0 atom stereocenters. The van der Waals surface area contributed by atoms with Crippen molar-refractivity contribution < 1.29 is 5.11 Å². The van der Waals surface area contributed by atoms with Gasteiger partial charge in [-0.2, -0.15) is 0 Å². The molecule has 0 aliphatic carbocycles. The zero-order valence-electron chi connectivity index (χ0n) is 9.91. The van der Waals surface area contributed by atoms with Gasteiger partial charge < -0.3 is 5.11 Å². The molecule has 2 heteroatoms. The number of thiol groups is 1. The van der Waals surface area contributed by atoms with E-state index in [4.69, 9.17) is 0 Å². The Morgan fingerprint density at radius 2 is 1.53 bits per heavy atom. The number of aliphatic hydroxyl groups is 1. The number of hydrogen-bond acceptors (Lipinski definition) is 2. The second-order valence-corrected chi connectivity index (χ2v) is 5.94. The lowest BCUT2D eigenvalue weighted by atomic mass is 9.76. The first-order chi connectivity index (χ1) is 6.71. The molecule has 0 heterocycles. The van der Waals surface area contributed by atoms with Crippen molar-refractivity contribution in [2.75, 3.05) is 0 Å². The summed E-state index contributed by atoms with van der Waals surface area (Å²) in [6, 6.07) is 8.14. The fourth-order valence-corrected chi connectivity index (χ4v) is 2.25. The fourth-order valence-electron chi connectivity index (χ4n) is 2.10. The smallest absolute Gasteiger partial charge is 0.0600 e. The Labute approximate surface area is 97.9 Å². The maximum atomic E-state index is 9.85. The lowest BCUT2D eigenvalue weighted by molar-refractivity contribution is 0.0501. The lowest BCUT2D eigenvalue weighted by Gasteiger charge is -2.32. The van der Waals surface area contributed by atoms with Crippen LogP contribution in [0.3, 0.4) is 0 Å². The molecule has 0 spiro atoms. The molecule has 15 heavy (non-hydrogen) atoms. The molecular formula is C13H20OS. The van der Waals surface area contributed by atoms with E-state index in [0.717, 1.165) is 11.3 Å². The van der Waals surface area contributed by atoms with Crippen molar-refractivity contribution in [1.82, 2.24) is 0 Å². The first kappa shape index (κ1) is 12.6. The first-order valence-electron chi connectivity index (χ1n) is 5.23. The van der Waals surface area contributed by atoms with Crippen LogP contribution in [0.1, 0.15) is 39.7 Å². The molecule has 0 bridgehead atoms. The molecule has 1 aromatic carbocycles. The Morgan fingerprint density at radius 1 is 1.07 bits per heavy atom. The summed E-state index contributed by atoms with van der Waals surface area (Å²) < 4.78 is 0. The first-order valence-corrected chi connectivity index (χ1v) is 5.67. The van der Waals surface area contributed by atoms with Crippen molar-refractivity contribution in [3.8, 4) is 0 Å². The van der Waals surface area contributed by atoms with Crippen LogP contribution < -0.4 is 0 Å². The van der Waals surface area contributed by atoms with E-state index < -0.39 is 5.60 Å². The summed E-state index contributed by atoms with van der Waals surface area (Å²) in [5.41, 5.74) is 0.588. The van der Waals surface area contributed by atoms with E-state index >= 15 is 0 Å². The average molecular weight is 224 g/mol. The third-order valence-electron chi connectivity index (χ3n) is 2.52. The normalized spacial score (nSPS) is 12.9. The predicted molar refractivity (Wildman–Crippen MR) is 67.6 cm³/mol. The van der Waals surface area contributed by atoms with E-state index in [-0.39, 0.29) is 5.41 Å². The van der Waals surface area contributed by atoms with E-state index in [0.29, 0.717) is 0 Å².